The molecule has 1 saturated heterocycles. The standard InChI is InChI=1S/C14H16FN3O5S2/c1-24(19,20)14-17-16-13(23-14)12-3-2-8-18(12)25(21,22)9-10-4-6-11(15)7-5-10/h4-7,12H,2-3,8-9H2,1H3/t12-/m0/s1. The van der Waals surface area contributed by atoms with Crippen LogP contribution < -0.4 is 0 Å². The van der Waals surface area contributed by atoms with Crippen molar-refractivity contribution >= 4 is 19.9 Å². The van der Waals surface area contributed by atoms with E-state index in [0.717, 1.165) is 6.26 Å². The van der Waals surface area contributed by atoms with E-state index < -0.39 is 36.9 Å². The Bertz CT molecular complexity index is 970. The summed E-state index contributed by atoms with van der Waals surface area (Å²) in [6, 6.07) is 4.51. The number of aromatic nitrogens is 2. The first-order valence-corrected chi connectivity index (χ1v) is 10.9. The molecule has 8 nitrogen and oxygen atoms in total. The van der Waals surface area contributed by atoms with E-state index in [9.17, 15) is 21.2 Å². The van der Waals surface area contributed by atoms with Crippen molar-refractivity contribution in [2.45, 2.75) is 29.9 Å². The number of sulfone groups is 1. The van der Waals surface area contributed by atoms with Gasteiger partial charge in [0.1, 0.15) is 11.9 Å². The minimum absolute atomic E-state index is 0.0411. The molecule has 0 unspecified atom stereocenters. The summed E-state index contributed by atoms with van der Waals surface area (Å²) < 4.78 is 67.7. The van der Waals surface area contributed by atoms with Crippen LogP contribution in [0.5, 0.6) is 0 Å². The first-order valence-electron chi connectivity index (χ1n) is 7.44. The van der Waals surface area contributed by atoms with Crippen molar-refractivity contribution in [2.75, 3.05) is 12.8 Å². The highest BCUT2D eigenvalue weighted by atomic mass is 32.2. The molecule has 2 aromatic rings. The fourth-order valence-corrected chi connectivity index (χ4v) is 4.89. The second kappa shape index (κ2) is 6.46. The molecule has 0 N–H and O–H groups in total. The van der Waals surface area contributed by atoms with Crippen LogP contribution in [-0.2, 0) is 25.6 Å². The second-order valence-corrected chi connectivity index (χ2v) is 9.64. The summed E-state index contributed by atoms with van der Waals surface area (Å²) in [5.74, 6) is -0.781. The Balaban J connectivity index is 1.85. The second-order valence-electron chi connectivity index (χ2n) is 5.83. The van der Waals surface area contributed by atoms with Gasteiger partial charge in [0.05, 0.1) is 5.75 Å². The molecule has 136 valence electrons. The molecule has 3 rings (SSSR count). The van der Waals surface area contributed by atoms with Crippen LogP contribution >= 0.6 is 0 Å². The molecular weight excluding hydrogens is 373 g/mol. The Hall–Kier alpha value is -1.85. The van der Waals surface area contributed by atoms with E-state index in [1.807, 2.05) is 0 Å². The predicted molar refractivity (Wildman–Crippen MR) is 85.1 cm³/mol. The van der Waals surface area contributed by atoms with Gasteiger partial charge in [-0.2, -0.15) is 4.31 Å². The highest BCUT2D eigenvalue weighted by molar-refractivity contribution is 7.90. The summed E-state index contributed by atoms with van der Waals surface area (Å²) in [5, 5.41) is 6.63. The fourth-order valence-electron chi connectivity index (χ4n) is 2.70. The monoisotopic (exact) mass is 389 g/mol. The molecule has 0 radical (unpaired) electrons. The van der Waals surface area contributed by atoms with Crippen molar-refractivity contribution in [1.82, 2.24) is 14.5 Å². The zero-order valence-electron chi connectivity index (χ0n) is 13.3. The molecule has 1 atom stereocenters. The predicted octanol–water partition coefficient (Wildman–Crippen LogP) is 1.28. The summed E-state index contributed by atoms with van der Waals surface area (Å²) in [4.78, 5) is 0. The maximum absolute atomic E-state index is 13.0. The van der Waals surface area contributed by atoms with Crippen molar-refractivity contribution in [3.63, 3.8) is 0 Å². The molecule has 1 aromatic heterocycles. The summed E-state index contributed by atoms with van der Waals surface area (Å²) in [6.07, 6.45) is 1.97. The van der Waals surface area contributed by atoms with Crippen LogP contribution in [0.3, 0.4) is 0 Å². The van der Waals surface area contributed by atoms with Gasteiger partial charge in [0, 0.05) is 12.8 Å². The van der Waals surface area contributed by atoms with Crippen LogP contribution in [0.1, 0.15) is 30.3 Å². The van der Waals surface area contributed by atoms with Crippen molar-refractivity contribution in [3.8, 4) is 0 Å². The van der Waals surface area contributed by atoms with Gasteiger partial charge in [-0.1, -0.05) is 17.2 Å². The van der Waals surface area contributed by atoms with Gasteiger partial charge in [0.25, 0.3) is 0 Å². The van der Waals surface area contributed by atoms with Crippen LogP contribution in [0, 0.1) is 5.82 Å². The van der Waals surface area contributed by atoms with Gasteiger partial charge in [-0.15, -0.1) is 5.10 Å². The molecule has 0 bridgehead atoms. The maximum atomic E-state index is 13.0. The first-order chi connectivity index (χ1) is 11.7. The number of sulfonamides is 1. The molecule has 1 aromatic carbocycles. The molecule has 0 saturated carbocycles. The third-order valence-electron chi connectivity index (χ3n) is 3.85. The Morgan fingerprint density at radius 2 is 1.88 bits per heavy atom. The van der Waals surface area contributed by atoms with Gasteiger partial charge in [0.2, 0.25) is 25.8 Å². The Morgan fingerprint density at radius 3 is 2.48 bits per heavy atom. The molecule has 2 heterocycles. The van der Waals surface area contributed by atoms with Gasteiger partial charge in [-0.25, -0.2) is 21.2 Å². The van der Waals surface area contributed by atoms with E-state index in [-0.39, 0.29) is 18.2 Å². The molecule has 1 aliphatic heterocycles. The molecule has 0 aliphatic carbocycles. The molecule has 0 amide bonds. The largest absolute Gasteiger partial charge is 0.411 e. The lowest BCUT2D eigenvalue weighted by molar-refractivity contribution is 0.303. The van der Waals surface area contributed by atoms with Crippen LogP contribution in [-0.4, -0.2) is 44.1 Å². The quantitative estimate of drug-likeness (QED) is 0.757. The Labute approximate surface area is 144 Å². The molecule has 0 spiro atoms. The summed E-state index contributed by atoms with van der Waals surface area (Å²) in [7, 11) is -7.38. The normalized spacial score (nSPS) is 19.4. The average Bonchev–Trinajstić information content (AvgIpc) is 3.17. The van der Waals surface area contributed by atoms with E-state index in [1.165, 1.54) is 28.6 Å². The minimum Gasteiger partial charge on any atom is -0.411 e. The Kier molecular flexibility index (Phi) is 4.64. The molecule has 11 heteroatoms. The number of hydrogen-bond acceptors (Lipinski definition) is 7. The van der Waals surface area contributed by atoms with Gasteiger partial charge in [-0.3, -0.25) is 0 Å². The zero-order valence-corrected chi connectivity index (χ0v) is 14.9. The highest BCUT2D eigenvalue weighted by Gasteiger charge is 2.38. The van der Waals surface area contributed by atoms with E-state index in [4.69, 9.17) is 4.42 Å². The number of benzene rings is 1. The smallest absolute Gasteiger partial charge is 0.335 e. The molecular formula is C14H16FN3O5S2. The first kappa shape index (κ1) is 18.0. The van der Waals surface area contributed by atoms with Crippen molar-refractivity contribution in [1.29, 1.82) is 0 Å². The maximum Gasteiger partial charge on any atom is 0.335 e. The highest BCUT2D eigenvalue weighted by Crippen LogP contribution is 2.34. The van der Waals surface area contributed by atoms with E-state index >= 15 is 0 Å². The van der Waals surface area contributed by atoms with Crippen molar-refractivity contribution in [2.24, 2.45) is 0 Å². The van der Waals surface area contributed by atoms with Gasteiger partial charge in [-0.05, 0) is 30.5 Å². The third kappa shape index (κ3) is 3.88. The van der Waals surface area contributed by atoms with E-state index in [2.05, 4.69) is 10.2 Å². The fraction of sp³-hybridized carbons (Fsp3) is 0.429. The van der Waals surface area contributed by atoms with Crippen LogP contribution in [0.2, 0.25) is 0 Å². The summed E-state index contributed by atoms with van der Waals surface area (Å²) >= 11 is 0. The van der Waals surface area contributed by atoms with Gasteiger partial charge in [0.15, 0.2) is 0 Å². The molecule has 1 aliphatic rings. The van der Waals surface area contributed by atoms with Gasteiger partial charge >= 0.3 is 5.22 Å². The number of nitrogens with zero attached hydrogens (tertiary/aromatic N) is 3. The van der Waals surface area contributed by atoms with E-state index in [1.54, 1.807) is 0 Å². The molecule has 25 heavy (non-hydrogen) atoms. The number of rotatable bonds is 5. The SMILES string of the molecule is CS(=O)(=O)c1nnc([C@@H]2CCCN2S(=O)(=O)Cc2ccc(F)cc2)o1. The minimum atomic E-state index is -3.72. The number of hydrogen-bond donors (Lipinski definition) is 0. The lowest BCUT2D eigenvalue weighted by atomic mass is 10.2. The average molecular weight is 389 g/mol. The van der Waals surface area contributed by atoms with Crippen LogP contribution in [0.15, 0.2) is 33.9 Å². The lowest BCUT2D eigenvalue weighted by Gasteiger charge is -2.21. The number of halogens is 1. The van der Waals surface area contributed by atoms with Gasteiger partial charge < -0.3 is 4.42 Å². The zero-order chi connectivity index (χ0) is 18.2. The Morgan fingerprint density at radius 1 is 1.20 bits per heavy atom. The summed E-state index contributed by atoms with van der Waals surface area (Å²) in [6.45, 7) is 0.269. The summed E-state index contributed by atoms with van der Waals surface area (Å²) in [5.41, 5.74) is 0.453. The van der Waals surface area contributed by atoms with Crippen molar-refractivity contribution in [3.05, 3.63) is 41.5 Å². The van der Waals surface area contributed by atoms with Crippen LogP contribution in [0.25, 0.3) is 0 Å². The molecule has 1 fully saturated rings. The van der Waals surface area contributed by atoms with Crippen molar-refractivity contribution < 1.29 is 25.6 Å². The van der Waals surface area contributed by atoms with E-state index in [0.29, 0.717) is 18.4 Å². The third-order valence-corrected chi connectivity index (χ3v) is 6.50. The lowest BCUT2D eigenvalue weighted by Crippen LogP contribution is -2.32. The van der Waals surface area contributed by atoms with Crippen LogP contribution in [0.4, 0.5) is 4.39 Å². The topological polar surface area (TPSA) is 110 Å².